The summed E-state index contributed by atoms with van der Waals surface area (Å²) in [5.41, 5.74) is 0.537. The molecule has 2 saturated heterocycles. The number of nitrogens with one attached hydrogen (secondary N) is 1. The molecular weight excluding hydrogens is 402 g/mol. The van der Waals surface area contributed by atoms with Crippen molar-refractivity contribution in [3.05, 3.63) is 23.8 Å². The highest BCUT2D eigenvalue weighted by Gasteiger charge is 2.34. The summed E-state index contributed by atoms with van der Waals surface area (Å²) in [4.78, 5) is -0.0260. The second-order valence-corrected chi connectivity index (χ2v) is 12.9. The summed E-state index contributed by atoms with van der Waals surface area (Å²) in [6.45, 7) is 0. The highest BCUT2D eigenvalue weighted by molar-refractivity contribution is 7.92. The Morgan fingerprint density at radius 1 is 1.04 bits per heavy atom. The molecule has 3 rings (SSSR count). The van der Waals surface area contributed by atoms with Gasteiger partial charge in [0.05, 0.1) is 35.0 Å². The number of sulfone groups is 2. The zero-order chi connectivity index (χ0) is 19.2. The van der Waals surface area contributed by atoms with Gasteiger partial charge in [0.2, 0.25) is 10.0 Å². The van der Waals surface area contributed by atoms with Gasteiger partial charge in [0.15, 0.2) is 19.7 Å². The number of hydrogen-bond donors (Lipinski definition) is 1. The molecule has 1 N–H and O–H groups in total. The van der Waals surface area contributed by atoms with Crippen molar-refractivity contribution in [2.45, 2.75) is 29.7 Å². The minimum atomic E-state index is -3.92. The first-order chi connectivity index (χ1) is 12.0. The summed E-state index contributed by atoms with van der Waals surface area (Å²) in [6, 6.07) is 3.65. The van der Waals surface area contributed by atoms with E-state index in [0.717, 1.165) is 0 Å². The molecule has 0 amide bonds. The van der Waals surface area contributed by atoms with E-state index in [2.05, 4.69) is 4.72 Å². The monoisotopic (exact) mass is 423 g/mol. The SMILES string of the molecule is COc1ccc(S(=O)(=O)N[C@@H]2CCS(=O)(=O)C2)cc1[C@H]1CCS(=O)(=O)C1. The first kappa shape index (κ1) is 19.6. The predicted molar refractivity (Wildman–Crippen MR) is 96.4 cm³/mol. The summed E-state index contributed by atoms with van der Waals surface area (Å²) in [7, 11) is -8.82. The van der Waals surface area contributed by atoms with Crippen molar-refractivity contribution >= 4 is 29.7 Å². The summed E-state index contributed by atoms with van der Waals surface area (Å²) in [5.74, 6) is -0.104. The number of benzene rings is 1. The van der Waals surface area contributed by atoms with E-state index in [1.165, 1.54) is 25.3 Å². The average molecular weight is 424 g/mol. The van der Waals surface area contributed by atoms with Gasteiger partial charge in [-0.15, -0.1) is 0 Å². The van der Waals surface area contributed by atoms with Gasteiger partial charge >= 0.3 is 0 Å². The molecule has 2 atom stereocenters. The van der Waals surface area contributed by atoms with Gasteiger partial charge in [0.25, 0.3) is 0 Å². The Bertz CT molecular complexity index is 1010. The van der Waals surface area contributed by atoms with Gasteiger partial charge in [-0.25, -0.2) is 30.0 Å². The van der Waals surface area contributed by atoms with Gasteiger partial charge in [0, 0.05) is 12.0 Å². The number of ether oxygens (including phenoxy) is 1. The van der Waals surface area contributed by atoms with Crippen LogP contribution in [-0.4, -0.2) is 61.4 Å². The number of methoxy groups -OCH3 is 1. The van der Waals surface area contributed by atoms with Gasteiger partial charge < -0.3 is 4.74 Å². The van der Waals surface area contributed by atoms with E-state index in [-0.39, 0.29) is 40.2 Å². The van der Waals surface area contributed by atoms with Crippen LogP contribution in [0.5, 0.6) is 5.75 Å². The summed E-state index contributed by atoms with van der Waals surface area (Å²) < 4.78 is 79.5. The van der Waals surface area contributed by atoms with Crippen LogP contribution in [0.1, 0.15) is 24.3 Å². The molecule has 0 spiro atoms. The van der Waals surface area contributed by atoms with E-state index in [1.54, 1.807) is 0 Å². The quantitative estimate of drug-likeness (QED) is 0.710. The third-order valence-corrected chi connectivity index (χ3v) is 9.79. The molecule has 1 aromatic rings. The normalized spacial score (nSPS) is 27.4. The maximum atomic E-state index is 12.6. The number of rotatable bonds is 5. The smallest absolute Gasteiger partial charge is 0.240 e. The van der Waals surface area contributed by atoms with Crippen molar-refractivity contribution in [2.24, 2.45) is 0 Å². The van der Waals surface area contributed by atoms with Gasteiger partial charge in [-0.1, -0.05) is 0 Å². The number of sulfonamides is 1. The highest BCUT2D eigenvalue weighted by Crippen LogP contribution is 2.36. The Balaban J connectivity index is 1.89. The minimum absolute atomic E-state index is 0.0260. The molecule has 146 valence electrons. The Labute approximate surface area is 153 Å². The lowest BCUT2D eigenvalue weighted by atomic mass is 9.98. The molecule has 0 unspecified atom stereocenters. The van der Waals surface area contributed by atoms with Gasteiger partial charge in [-0.3, -0.25) is 0 Å². The van der Waals surface area contributed by atoms with E-state index < -0.39 is 35.7 Å². The van der Waals surface area contributed by atoms with Gasteiger partial charge in [0.1, 0.15) is 5.75 Å². The van der Waals surface area contributed by atoms with Crippen LogP contribution in [0.15, 0.2) is 23.1 Å². The van der Waals surface area contributed by atoms with Crippen molar-refractivity contribution in [1.29, 1.82) is 0 Å². The first-order valence-electron chi connectivity index (χ1n) is 8.12. The topological polar surface area (TPSA) is 124 Å². The molecule has 0 aromatic heterocycles. The molecule has 8 nitrogen and oxygen atoms in total. The highest BCUT2D eigenvalue weighted by atomic mass is 32.2. The van der Waals surface area contributed by atoms with Crippen molar-refractivity contribution in [2.75, 3.05) is 30.1 Å². The Morgan fingerprint density at radius 3 is 2.23 bits per heavy atom. The van der Waals surface area contributed by atoms with Crippen molar-refractivity contribution in [3.8, 4) is 5.75 Å². The van der Waals surface area contributed by atoms with Crippen molar-refractivity contribution < 1.29 is 30.0 Å². The van der Waals surface area contributed by atoms with Crippen LogP contribution in [0.4, 0.5) is 0 Å². The molecule has 0 saturated carbocycles. The van der Waals surface area contributed by atoms with Crippen LogP contribution >= 0.6 is 0 Å². The molecular formula is C15H21NO7S3. The molecule has 2 fully saturated rings. The molecule has 2 heterocycles. The van der Waals surface area contributed by atoms with Crippen LogP contribution < -0.4 is 9.46 Å². The van der Waals surface area contributed by atoms with E-state index in [9.17, 15) is 25.3 Å². The lowest BCUT2D eigenvalue weighted by Crippen LogP contribution is -2.35. The Hall–Kier alpha value is -1.17. The lowest BCUT2D eigenvalue weighted by molar-refractivity contribution is 0.406. The predicted octanol–water partition coefficient (Wildman–Crippen LogP) is 0.0627. The molecule has 11 heteroatoms. The number of hydrogen-bond acceptors (Lipinski definition) is 7. The Kier molecular flexibility index (Phi) is 5.10. The second kappa shape index (κ2) is 6.77. The summed E-state index contributed by atoms with van der Waals surface area (Å²) in [6.07, 6.45) is 0.655. The first-order valence-corrected chi connectivity index (χ1v) is 13.2. The summed E-state index contributed by atoms with van der Waals surface area (Å²) in [5, 5.41) is 0. The van der Waals surface area contributed by atoms with Crippen molar-refractivity contribution in [1.82, 2.24) is 4.72 Å². The molecule has 26 heavy (non-hydrogen) atoms. The lowest BCUT2D eigenvalue weighted by Gasteiger charge is -2.17. The molecule has 1 aromatic carbocycles. The maximum Gasteiger partial charge on any atom is 0.240 e. The van der Waals surface area contributed by atoms with Crippen LogP contribution in [0, 0.1) is 0 Å². The van der Waals surface area contributed by atoms with Gasteiger partial charge in [-0.2, -0.15) is 0 Å². The van der Waals surface area contributed by atoms with Gasteiger partial charge in [-0.05, 0) is 36.6 Å². The molecule has 0 aliphatic carbocycles. The van der Waals surface area contributed by atoms with Crippen LogP contribution in [0.25, 0.3) is 0 Å². The minimum Gasteiger partial charge on any atom is -0.496 e. The van der Waals surface area contributed by atoms with Crippen molar-refractivity contribution in [3.63, 3.8) is 0 Å². The fourth-order valence-electron chi connectivity index (χ4n) is 3.41. The van der Waals surface area contributed by atoms with E-state index >= 15 is 0 Å². The zero-order valence-electron chi connectivity index (χ0n) is 14.2. The van der Waals surface area contributed by atoms with Crippen LogP contribution in [0.3, 0.4) is 0 Å². The fourth-order valence-corrected chi connectivity index (χ4v) is 8.27. The van der Waals surface area contributed by atoms with Crippen LogP contribution in [0.2, 0.25) is 0 Å². The van der Waals surface area contributed by atoms with Crippen LogP contribution in [-0.2, 0) is 29.7 Å². The largest absolute Gasteiger partial charge is 0.496 e. The summed E-state index contributed by atoms with van der Waals surface area (Å²) >= 11 is 0. The maximum absolute atomic E-state index is 12.6. The zero-order valence-corrected chi connectivity index (χ0v) is 16.7. The third-order valence-electron chi connectivity index (χ3n) is 4.74. The molecule has 0 bridgehead atoms. The van der Waals surface area contributed by atoms with E-state index in [1.807, 2.05) is 0 Å². The van der Waals surface area contributed by atoms with E-state index in [0.29, 0.717) is 17.7 Å². The second-order valence-electron chi connectivity index (χ2n) is 6.72. The molecule has 2 aliphatic rings. The molecule has 2 aliphatic heterocycles. The standard InChI is InChI=1S/C15H21NO7S3/c1-23-15-3-2-13(8-14(15)11-4-6-24(17,18)9-11)26(21,22)16-12-5-7-25(19,20)10-12/h2-3,8,11-12,16H,4-7,9-10H2,1H3/t11-,12+/m0/s1. The Morgan fingerprint density at radius 2 is 1.69 bits per heavy atom. The van der Waals surface area contributed by atoms with E-state index in [4.69, 9.17) is 4.74 Å². The fraction of sp³-hybridized carbons (Fsp3) is 0.600. The third kappa shape index (κ3) is 4.21. The molecule has 0 radical (unpaired) electrons. The average Bonchev–Trinajstić information content (AvgIpc) is 3.07.